The smallest absolute Gasteiger partial charge is 0.254 e. The molecule has 0 saturated carbocycles. The summed E-state index contributed by atoms with van der Waals surface area (Å²) in [6, 6.07) is 8.31. The minimum atomic E-state index is -0.303. The summed E-state index contributed by atoms with van der Waals surface area (Å²) in [6.07, 6.45) is 0. The van der Waals surface area contributed by atoms with E-state index in [9.17, 15) is 14.7 Å². The van der Waals surface area contributed by atoms with Crippen molar-refractivity contribution in [3.63, 3.8) is 0 Å². The van der Waals surface area contributed by atoms with Gasteiger partial charge in [0.25, 0.3) is 5.91 Å². The van der Waals surface area contributed by atoms with Gasteiger partial charge in [-0.1, -0.05) is 20.8 Å². The SMILES string of the molecule is CCOc1cc2c(cc1C(=O)NC)CN(CC(=O)c1ccc(O)c(C(C)(C)C)c1)C2=N. The van der Waals surface area contributed by atoms with E-state index in [1.807, 2.05) is 27.7 Å². The third-order valence-electron chi connectivity index (χ3n) is 5.37. The summed E-state index contributed by atoms with van der Waals surface area (Å²) >= 11 is 0. The van der Waals surface area contributed by atoms with Crippen molar-refractivity contribution in [2.45, 2.75) is 39.7 Å². The largest absolute Gasteiger partial charge is 0.508 e. The van der Waals surface area contributed by atoms with Gasteiger partial charge in [0.15, 0.2) is 5.78 Å². The molecule has 2 aromatic rings. The maximum atomic E-state index is 13.0. The summed E-state index contributed by atoms with van der Waals surface area (Å²) in [4.78, 5) is 26.9. The first-order valence-electron chi connectivity index (χ1n) is 10.3. The molecule has 1 amide bonds. The Kier molecular flexibility index (Phi) is 6.06. The summed E-state index contributed by atoms with van der Waals surface area (Å²) in [7, 11) is 1.56. The second kappa shape index (κ2) is 8.41. The summed E-state index contributed by atoms with van der Waals surface area (Å²) < 4.78 is 5.61. The van der Waals surface area contributed by atoms with Crippen LogP contribution in [0, 0.1) is 5.41 Å². The molecule has 0 aromatic heterocycles. The number of nitrogens with one attached hydrogen (secondary N) is 2. The van der Waals surface area contributed by atoms with Crippen LogP contribution in [0.15, 0.2) is 30.3 Å². The molecular weight excluding hydrogens is 394 g/mol. The van der Waals surface area contributed by atoms with E-state index in [1.54, 1.807) is 42.3 Å². The second-order valence-electron chi connectivity index (χ2n) is 8.63. The standard InChI is InChI=1S/C24H29N3O4/c1-6-31-21-11-16-15(9-17(21)23(30)26-5)12-27(22(16)25)13-20(29)14-7-8-19(28)18(10-14)24(2,3)4/h7-11,25,28H,6,12-13H2,1-5H3,(H,26,30). The monoisotopic (exact) mass is 423 g/mol. The summed E-state index contributed by atoms with van der Waals surface area (Å²) in [5.74, 6) is 0.413. The van der Waals surface area contributed by atoms with E-state index in [-0.39, 0.29) is 35.2 Å². The predicted octanol–water partition coefficient (Wildman–Crippen LogP) is 3.47. The van der Waals surface area contributed by atoms with E-state index in [1.165, 1.54) is 0 Å². The van der Waals surface area contributed by atoms with E-state index >= 15 is 0 Å². The van der Waals surface area contributed by atoms with Crippen LogP contribution in [-0.4, -0.2) is 47.7 Å². The average molecular weight is 424 g/mol. The van der Waals surface area contributed by atoms with Crippen LogP contribution in [0.25, 0.3) is 0 Å². The van der Waals surface area contributed by atoms with Crippen molar-refractivity contribution in [2.75, 3.05) is 20.2 Å². The molecule has 3 rings (SSSR count). The van der Waals surface area contributed by atoms with Gasteiger partial charge in [0.1, 0.15) is 17.3 Å². The number of ether oxygens (including phenoxy) is 1. The van der Waals surface area contributed by atoms with Gasteiger partial charge >= 0.3 is 0 Å². The van der Waals surface area contributed by atoms with Gasteiger partial charge in [-0.15, -0.1) is 0 Å². The fraction of sp³-hybridized carbons (Fsp3) is 0.375. The molecule has 0 unspecified atom stereocenters. The van der Waals surface area contributed by atoms with Crippen molar-refractivity contribution in [1.82, 2.24) is 10.2 Å². The zero-order valence-corrected chi connectivity index (χ0v) is 18.6. The minimum absolute atomic E-state index is 0.0289. The lowest BCUT2D eigenvalue weighted by Crippen LogP contribution is -2.30. The number of benzene rings is 2. The highest BCUT2D eigenvalue weighted by Crippen LogP contribution is 2.33. The van der Waals surface area contributed by atoms with Crippen LogP contribution < -0.4 is 10.1 Å². The van der Waals surface area contributed by atoms with Crippen molar-refractivity contribution in [3.05, 3.63) is 58.1 Å². The Labute approximate surface area is 182 Å². The number of ketones is 1. The third kappa shape index (κ3) is 4.40. The molecule has 3 N–H and O–H groups in total. The van der Waals surface area contributed by atoms with Gasteiger partial charge in [-0.3, -0.25) is 15.0 Å². The fourth-order valence-electron chi connectivity index (χ4n) is 3.73. The van der Waals surface area contributed by atoms with Crippen LogP contribution in [0.2, 0.25) is 0 Å². The molecule has 2 aromatic carbocycles. The number of hydrogen-bond acceptors (Lipinski definition) is 5. The number of phenolic OH excluding ortho intramolecular Hbond substituents is 1. The summed E-state index contributed by atoms with van der Waals surface area (Å²) in [6.45, 7) is 8.55. The van der Waals surface area contributed by atoms with Gasteiger partial charge in [-0.05, 0) is 53.8 Å². The van der Waals surface area contributed by atoms with Gasteiger partial charge < -0.3 is 20.1 Å². The molecule has 0 aliphatic carbocycles. The van der Waals surface area contributed by atoms with Crippen LogP contribution in [0.5, 0.6) is 11.5 Å². The van der Waals surface area contributed by atoms with Crippen LogP contribution >= 0.6 is 0 Å². The Balaban J connectivity index is 1.86. The van der Waals surface area contributed by atoms with Gasteiger partial charge in [-0.2, -0.15) is 0 Å². The van der Waals surface area contributed by atoms with E-state index < -0.39 is 0 Å². The van der Waals surface area contributed by atoms with Gasteiger partial charge in [0.05, 0.1) is 18.7 Å². The number of hydrogen-bond donors (Lipinski definition) is 3. The summed E-state index contributed by atoms with van der Waals surface area (Å²) in [5.41, 5.74) is 2.77. The molecule has 0 atom stereocenters. The zero-order chi connectivity index (χ0) is 22.9. The first-order valence-corrected chi connectivity index (χ1v) is 10.3. The molecule has 31 heavy (non-hydrogen) atoms. The van der Waals surface area contributed by atoms with Gasteiger partial charge in [-0.25, -0.2) is 0 Å². The fourth-order valence-corrected chi connectivity index (χ4v) is 3.73. The van der Waals surface area contributed by atoms with Crippen molar-refractivity contribution < 1.29 is 19.4 Å². The van der Waals surface area contributed by atoms with Crippen molar-refractivity contribution in [2.24, 2.45) is 0 Å². The lowest BCUT2D eigenvalue weighted by Gasteiger charge is -2.22. The van der Waals surface area contributed by atoms with Crippen molar-refractivity contribution >= 4 is 17.5 Å². The third-order valence-corrected chi connectivity index (χ3v) is 5.37. The Morgan fingerprint density at radius 2 is 1.94 bits per heavy atom. The molecule has 7 nitrogen and oxygen atoms in total. The van der Waals surface area contributed by atoms with Crippen LogP contribution in [0.3, 0.4) is 0 Å². The molecule has 164 valence electrons. The van der Waals surface area contributed by atoms with E-state index in [2.05, 4.69) is 5.32 Å². The minimum Gasteiger partial charge on any atom is -0.508 e. The van der Waals surface area contributed by atoms with Gasteiger partial charge in [0, 0.05) is 24.7 Å². The first kappa shape index (κ1) is 22.3. The predicted molar refractivity (Wildman–Crippen MR) is 119 cm³/mol. The number of aromatic hydroxyl groups is 1. The molecule has 1 aliphatic heterocycles. The Morgan fingerprint density at radius 1 is 1.23 bits per heavy atom. The molecule has 0 fully saturated rings. The molecule has 0 bridgehead atoms. The lowest BCUT2D eigenvalue weighted by molar-refractivity contribution is 0.0951. The Hall–Kier alpha value is -3.35. The number of nitrogens with zero attached hydrogens (tertiary/aromatic N) is 1. The number of rotatable bonds is 6. The Bertz CT molecular complexity index is 1050. The highest BCUT2D eigenvalue weighted by Gasteiger charge is 2.29. The molecule has 0 saturated heterocycles. The van der Waals surface area contributed by atoms with Gasteiger partial charge in [0.2, 0.25) is 0 Å². The number of fused-ring (bicyclic) bond motifs is 1. The second-order valence-corrected chi connectivity index (χ2v) is 8.63. The number of carbonyl (C=O) groups is 2. The average Bonchev–Trinajstić information content (AvgIpc) is 3.01. The van der Waals surface area contributed by atoms with E-state index in [0.717, 1.165) is 5.56 Å². The van der Waals surface area contributed by atoms with Crippen LogP contribution in [-0.2, 0) is 12.0 Å². The number of amides is 1. The number of Topliss-reactive ketones (excluding diaryl/α,β-unsaturated/α-hetero) is 1. The lowest BCUT2D eigenvalue weighted by atomic mass is 9.85. The highest BCUT2D eigenvalue weighted by atomic mass is 16.5. The molecular formula is C24H29N3O4. The number of amidine groups is 1. The normalized spacial score (nSPS) is 13.2. The van der Waals surface area contributed by atoms with Crippen molar-refractivity contribution in [3.8, 4) is 11.5 Å². The molecule has 1 heterocycles. The van der Waals surface area contributed by atoms with E-state index in [0.29, 0.717) is 41.2 Å². The number of phenols is 1. The van der Waals surface area contributed by atoms with Crippen LogP contribution in [0.1, 0.15) is 65.1 Å². The maximum absolute atomic E-state index is 13.0. The molecule has 0 radical (unpaired) electrons. The molecule has 1 aliphatic rings. The maximum Gasteiger partial charge on any atom is 0.254 e. The zero-order valence-electron chi connectivity index (χ0n) is 18.6. The Morgan fingerprint density at radius 3 is 2.55 bits per heavy atom. The first-order chi connectivity index (χ1) is 14.6. The number of carbonyl (C=O) groups excluding carboxylic acids is 2. The topological polar surface area (TPSA) is 103 Å². The summed E-state index contributed by atoms with van der Waals surface area (Å²) in [5, 5.41) is 21.3. The quantitative estimate of drug-likeness (QED) is 0.618. The molecule has 0 spiro atoms. The highest BCUT2D eigenvalue weighted by molar-refractivity contribution is 6.07. The van der Waals surface area contributed by atoms with Crippen LogP contribution in [0.4, 0.5) is 0 Å². The molecule has 7 heteroatoms. The van der Waals surface area contributed by atoms with E-state index in [4.69, 9.17) is 10.1 Å². The van der Waals surface area contributed by atoms with Crippen molar-refractivity contribution in [1.29, 1.82) is 5.41 Å².